The van der Waals surface area contributed by atoms with Crippen LogP contribution in [0.4, 0.5) is 5.69 Å². The van der Waals surface area contributed by atoms with Crippen molar-refractivity contribution in [2.45, 2.75) is 0 Å². The average molecular weight is 319 g/mol. The molecule has 0 aliphatic carbocycles. The molecule has 118 valence electrons. The molecule has 0 aliphatic rings. The normalized spacial score (nSPS) is 10.0. The van der Waals surface area contributed by atoms with Gasteiger partial charge in [-0.25, -0.2) is 0 Å². The number of amides is 1. The number of hydrogen-bond acceptors (Lipinski definition) is 5. The van der Waals surface area contributed by atoms with Gasteiger partial charge >= 0.3 is 0 Å². The summed E-state index contributed by atoms with van der Waals surface area (Å²) in [7, 11) is 1.58. The Labute approximate surface area is 138 Å². The minimum absolute atomic E-state index is 0.285. The zero-order chi connectivity index (χ0) is 16.9. The van der Waals surface area contributed by atoms with Crippen molar-refractivity contribution in [1.82, 2.24) is 5.16 Å². The number of ether oxygens (including phenoxy) is 1. The standard InChI is InChI=1S/C18H13N3O3/c1-23-14-8-6-12(7-9-14)17-15(11-20-24-17)18(22)21-16-5-3-2-4-13(16)10-19/h2-9,11H,1H3,(H,21,22). The van der Waals surface area contributed by atoms with E-state index in [2.05, 4.69) is 10.5 Å². The van der Waals surface area contributed by atoms with Gasteiger partial charge in [0.25, 0.3) is 5.91 Å². The fourth-order valence-corrected chi connectivity index (χ4v) is 2.23. The third-order valence-electron chi connectivity index (χ3n) is 3.46. The number of rotatable bonds is 4. The van der Waals surface area contributed by atoms with E-state index in [1.54, 1.807) is 55.6 Å². The van der Waals surface area contributed by atoms with E-state index < -0.39 is 5.91 Å². The van der Waals surface area contributed by atoms with Crippen LogP contribution in [0.3, 0.4) is 0 Å². The molecule has 0 spiro atoms. The number of benzene rings is 2. The lowest BCUT2D eigenvalue weighted by atomic mass is 10.1. The van der Waals surface area contributed by atoms with Crippen molar-refractivity contribution in [3.05, 3.63) is 65.9 Å². The zero-order valence-electron chi connectivity index (χ0n) is 12.8. The number of carbonyl (C=O) groups is 1. The maximum atomic E-state index is 12.5. The van der Waals surface area contributed by atoms with Crippen LogP contribution in [0.1, 0.15) is 15.9 Å². The predicted octanol–water partition coefficient (Wildman–Crippen LogP) is 3.47. The van der Waals surface area contributed by atoms with Gasteiger partial charge in [-0.3, -0.25) is 4.79 Å². The number of anilines is 1. The third kappa shape index (κ3) is 2.96. The highest BCUT2D eigenvalue weighted by Gasteiger charge is 2.19. The number of carbonyl (C=O) groups excluding carboxylic acids is 1. The first-order chi connectivity index (χ1) is 11.7. The van der Waals surface area contributed by atoms with Crippen molar-refractivity contribution in [2.75, 3.05) is 12.4 Å². The number of nitriles is 1. The number of para-hydroxylation sites is 1. The summed E-state index contributed by atoms with van der Waals surface area (Å²) < 4.78 is 10.3. The molecule has 1 N–H and O–H groups in total. The van der Waals surface area contributed by atoms with Crippen LogP contribution < -0.4 is 10.1 Å². The van der Waals surface area contributed by atoms with Crippen LogP contribution in [0.15, 0.2) is 59.3 Å². The number of nitrogens with zero attached hydrogens (tertiary/aromatic N) is 2. The SMILES string of the molecule is COc1ccc(-c2oncc2C(=O)Nc2ccccc2C#N)cc1. The lowest BCUT2D eigenvalue weighted by Gasteiger charge is -2.06. The first-order valence-electron chi connectivity index (χ1n) is 7.12. The van der Waals surface area contributed by atoms with E-state index in [-0.39, 0.29) is 5.56 Å². The molecule has 0 unspecified atom stereocenters. The molecule has 0 atom stereocenters. The molecule has 1 aromatic heterocycles. The van der Waals surface area contributed by atoms with Crippen molar-refractivity contribution >= 4 is 11.6 Å². The topological polar surface area (TPSA) is 88.2 Å². The maximum absolute atomic E-state index is 12.5. The highest BCUT2D eigenvalue weighted by atomic mass is 16.5. The van der Waals surface area contributed by atoms with Gasteiger partial charge in [0.2, 0.25) is 0 Å². The van der Waals surface area contributed by atoms with Crippen molar-refractivity contribution < 1.29 is 14.1 Å². The van der Waals surface area contributed by atoms with Gasteiger partial charge in [0.15, 0.2) is 5.76 Å². The fourth-order valence-electron chi connectivity index (χ4n) is 2.23. The van der Waals surface area contributed by atoms with Gasteiger partial charge in [0.05, 0.1) is 24.6 Å². The molecule has 0 aliphatic heterocycles. The molecule has 0 saturated heterocycles. The molecule has 1 heterocycles. The maximum Gasteiger partial charge on any atom is 0.261 e. The smallest absolute Gasteiger partial charge is 0.261 e. The largest absolute Gasteiger partial charge is 0.497 e. The van der Waals surface area contributed by atoms with Crippen LogP contribution >= 0.6 is 0 Å². The van der Waals surface area contributed by atoms with Gasteiger partial charge < -0.3 is 14.6 Å². The van der Waals surface area contributed by atoms with Gasteiger partial charge in [-0.1, -0.05) is 17.3 Å². The Balaban J connectivity index is 1.89. The fraction of sp³-hybridized carbons (Fsp3) is 0.0556. The second-order valence-electron chi connectivity index (χ2n) is 4.91. The predicted molar refractivity (Wildman–Crippen MR) is 87.6 cm³/mol. The molecular formula is C18H13N3O3. The van der Waals surface area contributed by atoms with E-state index in [0.717, 1.165) is 0 Å². The number of hydrogen-bond donors (Lipinski definition) is 1. The van der Waals surface area contributed by atoms with Crippen molar-refractivity contribution in [3.8, 4) is 23.1 Å². The molecule has 0 fully saturated rings. The van der Waals surface area contributed by atoms with Crippen LogP contribution in [-0.4, -0.2) is 18.2 Å². The van der Waals surface area contributed by atoms with E-state index in [1.165, 1.54) is 6.20 Å². The molecule has 0 saturated carbocycles. The zero-order valence-corrected chi connectivity index (χ0v) is 12.8. The molecular weight excluding hydrogens is 306 g/mol. The van der Waals surface area contributed by atoms with Crippen LogP contribution in [-0.2, 0) is 0 Å². The molecule has 3 aromatic rings. The van der Waals surface area contributed by atoms with Gasteiger partial charge in [0.1, 0.15) is 17.4 Å². The van der Waals surface area contributed by atoms with E-state index in [4.69, 9.17) is 14.5 Å². The van der Waals surface area contributed by atoms with E-state index in [0.29, 0.717) is 28.3 Å². The minimum atomic E-state index is -0.398. The Kier molecular flexibility index (Phi) is 4.25. The van der Waals surface area contributed by atoms with Crippen LogP contribution in [0.5, 0.6) is 5.75 Å². The molecule has 6 nitrogen and oxygen atoms in total. The van der Waals surface area contributed by atoms with Crippen molar-refractivity contribution in [3.63, 3.8) is 0 Å². The lowest BCUT2D eigenvalue weighted by Crippen LogP contribution is -2.13. The van der Waals surface area contributed by atoms with Crippen molar-refractivity contribution in [2.24, 2.45) is 0 Å². The summed E-state index contributed by atoms with van der Waals surface area (Å²) >= 11 is 0. The second-order valence-corrected chi connectivity index (χ2v) is 4.91. The quantitative estimate of drug-likeness (QED) is 0.795. The van der Waals surface area contributed by atoms with Gasteiger partial charge in [-0.15, -0.1) is 0 Å². The molecule has 1 amide bonds. The summed E-state index contributed by atoms with van der Waals surface area (Å²) in [6.07, 6.45) is 1.35. The first kappa shape index (κ1) is 15.3. The highest BCUT2D eigenvalue weighted by Crippen LogP contribution is 2.26. The molecule has 6 heteroatoms. The highest BCUT2D eigenvalue weighted by molar-refractivity contribution is 6.08. The Morgan fingerprint density at radius 3 is 2.67 bits per heavy atom. The molecule has 24 heavy (non-hydrogen) atoms. The van der Waals surface area contributed by atoms with Crippen molar-refractivity contribution in [1.29, 1.82) is 5.26 Å². The van der Waals surface area contributed by atoms with Gasteiger partial charge in [0, 0.05) is 5.56 Å². The van der Waals surface area contributed by atoms with E-state index in [9.17, 15) is 4.79 Å². The van der Waals surface area contributed by atoms with Gasteiger partial charge in [-0.2, -0.15) is 5.26 Å². The number of nitrogens with one attached hydrogen (secondary N) is 1. The molecule has 2 aromatic carbocycles. The Bertz CT molecular complexity index is 908. The van der Waals surface area contributed by atoms with E-state index >= 15 is 0 Å². The Morgan fingerprint density at radius 2 is 1.96 bits per heavy atom. The summed E-state index contributed by atoms with van der Waals surface area (Å²) in [5.41, 5.74) is 1.81. The Morgan fingerprint density at radius 1 is 1.21 bits per heavy atom. The average Bonchev–Trinajstić information content (AvgIpc) is 3.12. The number of methoxy groups -OCH3 is 1. The molecule has 0 bridgehead atoms. The summed E-state index contributed by atoms with van der Waals surface area (Å²) in [6.45, 7) is 0. The molecule has 3 rings (SSSR count). The van der Waals surface area contributed by atoms with E-state index in [1.807, 2.05) is 6.07 Å². The first-order valence-corrected chi connectivity index (χ1v) is 7.12. The second kappa shape index (κ2) is 6.67. The number of aromatic nitrogens is 1. The molecule has 0 radical (unpaired) electrons. The minimum Gasteiger partial charge on any atom is -0.497 e. The third-order valence-corrected chi connectivity index (χ3v) is 3.46. The Hall–Kier alpha value is -3.59. The summed E-state index contributed by atoms with van der Waals surface area (Å²) in [5.74, 6) is 0.654. The lowest BCUT2D eigenvalue weighted by molar-refractivity contribution is 0.102. The van der Waals surface area contributed by atoms with Crippen LogP contribution in [0.2, 0.25) is 0 Å². The van der Waals surface area contributed by atoms with Gasteiger partial charge in [-0.05, 0) is 36.4 Å². The van der Waals surface area contributed by atoms with Crippen LogP contribution in [0.25, 0.3) is 11.3 Å². The van der Waals surface area contributed by atoms with Crippen LogP contribution in [0, 0.1) is 11.3 Å². The summed E-state index contributed by atoms with van der Waals surface area (Å²) in [5, 5.41) is 15.5. The summed E-state index contributed by atoms with van der Waals surface area (Å²) in [4.78, 5) is 12.5. The summed E-state index contributed by atoms with van der Waals surface area (Å²) in [6, 6.07) is 15.9. The monoisotopic (exact) mass is 319 g/mol.